The molecule has 0 saturated heterocycles. The lowest BCUT2D eigenvalue weighted by Crippen LogP contribution is -2.54. The second-order valence-corrected chi connectivity index (χ2v) is 9.67. The number of sulfonamides is 1. The molecule has 0 heterocycles. The SMILES string of the molecule is COc1ccc(Cl)cc1C(=O)NNC(=O)C(NS(=O)(=O)c1ccc(Cl)c(Cl)c1)C(C)C. The fourth-order valence-corrected chi connectivity index (χ4v) is 4.40. The van der Waals surface area contributed by atoms with Crippen LogP contribution in [-0.4, -0.2) is 33.4 Å². The maximum absolute atomic E-state index is 12.7. The predicted octanol–water partition coefficient (Wildman–Crippen LogP) is 3.42. The van der Waals surface area contributed by atoms with Crippen molar-refractivity contribution in [3.05, 3.63) is 57.0 Å². The molecule has 0 aliphatic heterocycles. The molecule has 0 aliphatic carbocycles. The molecule has 0 spiro atoms. The van der Waals surface area contributed by atoms with E-state index in [1.165, 1.54) is 37.4 Å². The number of amides is 2. The van der Waals surface area contributed by atoms with Crippen LogP contribution in [0, 0.1) is 5.92 Å². The molecule has 2 rings (SSSR count). The zero-order chi connectivity index (χ0) is 23.3. The fraction of sp³-hybridized carbons (Fsp3) is 0.263. The molecule has 0 aliphatic rings. The van der Waals surface area contributed by atoms with E-state index in [0.29, 0.717) is 5.02 Å². The van der Waals surface area contributed by atoms with Crippen molar-refractivity contribution in [1.82, 2.24) is 15.6 Å². The molecule has 2 aromatic rings. The number of carbonyl (C=O) groups excluding carboxylic acids is 2. The highest BCUT2D eigenvalue weighted by Crippen LogP contribution is 2.25. The fourth-order valence-electron chi connectivity index (χ4n) is 2.49. The number of rotatable bonds is 7. The number of ether oxygens (including phenoxy) is 1. The van der Waals surface area contributed by atoms with Crippen molar-refractivity contribution in [3.63, 3.8) is 0 Å². The van der Waals surface area contributed by atoms with Crippen LogP contribution in [0.25, 0.3) is 0 Å². The van der Waals surface area contributed by atoms with Gasteiger partial charge in [0.15, 0.2) is 0 Å². The minimum Gasteiger partial charge on any atom is -0.496 e. The highest BCUT2D eigenvalue weighted by atomic mass is 35.5. The predicted molar refractivity (Wildman–Crippen MR) is 119 cm³/mol. The number of methoxy groups -OCH3 is 1. The summed E-state index contributed by atoms with van der Waals surface area (Å²) in [6, 6.07) is 6.99. The average Bonchev–Trinajstić information content (AvgIpc) is 2.71. The molecule has 8 nitrogen and oxygen atoms in total. The van der Waals surface area contributed by atoms with E-state index in [1.54, 1.807) is 19.9 Å². The van der Waals surface area contributed by atoms with E-state index in [1.807, 2.05) is 0 Å². The summed E-state index contributed by atoms with van der Waals surface area (Å²) >= 11 is 17.6. The van der Waals surface area contributed by atoms with Gasteiger partial charge >= 0.3 is 0 Å². The van der Waals surface area contributed by atoms with Gasteiger partial charge in [0.1, 0.15) is 11.8 Å². The Kier molecular flexibility index (Phi) is 8.56. The van der Waals surface area contributed by atoms with E-state index in [4.69, 9.17) is 39.5 Å². The molecule has 0 aromatic heterocycles. The number of nitrogens with one attached hydrogen (secondary N) is 3. The Labute approximate surface area is 195 Å². The van der Waals surface area contributed by atoms with Gasteiger partial charge in [0.2, 0.25) is 10.0 Å². The minimum absolute atomic E-state index is 0.0535. The topological polar surface area (TPSA) is 114 Å². The van der Waals surface area contributed by atoms with Gasteiger partial charge in [0.25, 0.3) is 11.8 Å². The van der Waals surface area contributed by atoms with E-state index in [-0.39, 0.29) is 26.3 Å². The van der Waals surface area contributed by atoms with Crippen LogP contribution in [0.2, 0.25) is 15.1 Å². The van der Waals surface area contributed by atoms with Crippen molar-refractivity contribution < 1.29 is 22.7 Å². The summed E-state index contributed by atoms with van der Waals surface area (Å²) in [5, 5.41) is 0.544. The zero-order valence-electron chi connectivity index (χ0n) is 16.7. The van der Waals surface area contributed by atoms with Gasteiger partial charge in [-0.25, -0.2) is 8.42 Å². The Morgan fingerprint density at radius 2 is 1.65 bits per heavy atom. The van der Waals surface area contributed by atoms with Gasteiger partial charge in [-0.1, -0.05) is 48.7 Å². The Morgan fingerprint density at radius 3 is 2.23 bits per heavy atom. The Morgan fingerprint density at radius 1 is 0.968 bits per heavy atom. The van der Waals surface area contributed by atoms with E-state index < -0.39 is 33.8 Å². The van der Waals surface area contributed by atoms with Crippen LogP contribution in [0.1, 0.15) is 24.2 Å². The van der Waals surface area contributed by atoms with Gasteiger partial charge in [-0.3, -0.25) is 20.4 Å². The Bertz CT molecular complexity index is 1090. The molecule has 168 valence electrons. The maximum atomic E-state index is 12.7. The summed E-state index contributed by atoms with van der Waals surface area (Å²) in [6.07, 6.45) is 0. The zero-order valence-corrected chi connectivity index (χ0v) is 19.8. The summed E-state index contributed by atoms with van der Waals surface area (Å²) < 4.78 is 32.8. The number of hydrogen-bond donors (Lipinski definition) is 3. The summed E-state index contributed by atoms with van der Waals surface area (Å²) in [4.78, 5) is 24.9. The van der Waals surface area contributed by atoms with Crippen molar-refractivity contribution in [3.8, 4) is 5.75 Å². The molecule has 2 amide bonds. The highest BCUT2D eigenvalue weighted by molar-refractivity contribution is 7.89. The van der Waals surface area contributed by atoms with Crippen LogP contribution >= 0.6 is 34.8 Å². The lowest BCUT2D eigenvalue weighted by atomic mass is 10.1. The largest absolute Gasteiger partial charge is 0.496 e. The van der Waals surface area contributed by atoms with Crippen molar-refractivity contribution >= 4 is 56.6 Å². The molecule has 1 unspecified atom stereocenters. The first-order valence-electron chi connectivity index (χ1n) is 8.87. The number of hydrazine groups is 1. The second kappa shape index (κ2) is 10.5. The third-order valence-electron chi connectivity index (χ3n) is 4.14. The van der Waals surface area contributed by atoms with Crippen molar-refractivity contribution in [1.29, 1.82) is 0 Å². The first kappa shape index (κ1) is 25.2. The normalized spacial score (nSPS) is 12.4. The third-order valence-corrected chi connectivity index (χ3v) is 6.55. The Balaban J connectivity index is 2.14. The van der Waals surface area contributed by atoms with Crippen LogP contribution in [-0.2, 0) is 14.8 Å². The maximum Gasteiger partial charge on any atom is 0.273 e. The van der Waals surface area contributed by atoms with Gasteiger partial charge in [-0.2, -0.15) is 4.72 Å². The van der Waals surface area contributed by atoms with Gasteiger partial charge in [0.05, 0.1) is 27.6 Å². The van der Waals surface area contributed by atoms with Crippen LogP contribution in [0.3, 0.4) is 0 Å². The van der Waals surface area contributed by atoms with Crippen LogP contribution in [0.4, 0.5) is 0 Å². The highest BCUT2D eigenvalue weighted by Gasteiger charge is 2.29. The molecule has 0 radical (unpaired) electrons. The third kappa shape index (κ3) is 6.47. The molecule has 12 heteroatoms. The van der Waals surface area contributed by atoms with Crippen molar-refractivity contribution in [2.75, 3.05) is 7.11 Å². The van der Waals surface area contributed by atoms with Gasteiger partial charge < -0.3 is 4.74 Å². The monoisotopic (exact) mass is 507 g/mol. The standard InChI is InChI=1S/C19H20Cl3N3O5S/c1-10(2)17(25-31(28,29)12-5-6-14(21)15(22)9-12)19(27)24-23-18(26)13-8-11(20)4-7-16(13)30-3/h4-10,17,25H,1-3H3,(H,23,26)(H,24,27). The molecule has 0 saturated carbocycles. The molecule has 31 heavy (non-hydrogen) atoms. The van der Waals surface area contributed by atoms with Crippen LogP contribution < -0.4 is 20.3 Å². The van der Waals surface area contributed by atoms with E-state index in [2.05, 4.69) is 15.6 Å². The van der Waals surface area contributed by atoms with Gasteiger partial charge in [0, 0.05) is 5.02 Å². The van der Waals surface area contributed by atoms with Crippen molar-refractivity contribution in [2.24, 2.45) is 5.92 Å². The molecular weight excluding hydrogens is 489 g/mol. The summed E-state index contributed by atoms with van der Waals surface area (Å²) in [5.41, 5.74) is 4.53. The minimum atomic E-state index is -4.10. The summed E-state index contributed by atoms with van der Waals surface area (Å²) in [7, 11) is -2.72. The average molecular weight is 509 g/mol. The number of halogens is 3. The molecule has 0 fully saturated rings. The van der Waals surface area contributed by atoms with E-state index in [9.17, 15) is 18.0 Å². The molecule has 2 aromatic carbocycles. The van der Waals surface area contributed by atoms with E-state index >= 15 is 0 Å². The Hall–Kier alpha value is -2.04. The first-order valence-corrected chi connectivity index (χ1v) is 11.5. The van der Waals surface area contributed by atoms with E-state index in [0.717, 1.165) is 0 Å². The molecule has 3 N–H and O–H groups in total. The number of carbonyl (C=O) groups is 2. The molecule has 1 atom stereocenters. The number of benzene rings is 2. The van der Waals surface area contributed by atoms with Gasteiger partial charge in [-0.15, -0.1) is 0 Å². The van der Waals surface area contributed by atoms with Crippen LogP contribution in [0.5, 0.6) is 5.75 Å². The smallest absolute Gasteiger partial charge is 0.273 e. The lowest BCUT2D eigenvalue weighted by molar-refractivity contribution is -0.124. The summed E-state index contributed by atoms with van der Waals surface area (Å²) in [6.45, 7) is 3.28. The van der Waals surface area contributed by atoms with Crippen molar-refractivity contribution in [2.45, 2.75) is 24.8 Å². The lowest BCUT2D eigenvalue weighted by Gasteiger charge is -2.22. The van der Waals surface area contributed by atoms with Gasteiger partial charge in [-0.05, 0) is 42.3 Å². The molecule has 0 bridgehead atoms. The quantitative estimate of drug-likeness (QED) is 0.496. The molecular formula is C19H20Cl3N3O5S. The first-order chi connectivity index (χ1) is 14.5. The van der Waals surface area contributed by atoms with Crippen LogP contribution in [0.15, 0.2) is 41.3 Å². The summed E-state index contributed by atoms with van der Waals surface area (Å²) in [5.74, 6) is -1.66. The second-order valence-electron chi connectivity index (χ2n) is 6.71. The number of hydrogen-bond acceptors (Lipinski definition) is 5.